The Hall–Kier alpha value is -1.57. The Balaban J connectivity index is 0.000000317. The molecule has 0 saturated heterocycles. The normalized spacial score (nSPS) is 9.24. The molecular formula is C12H11N2O2Pd. The van der Waals surface area contributed by atoms with Gasteiger partial charge < -0.3 is 9.90 Å². The number of carbonyl (C=O) groups is 1. The minimum absolute atomic E-state index is 0.352. The van der Waals surface area contributed by atoms with E-state index in [-0.39, 0.29) is 0 Å². The van der Waals surface area contributed by atoms with Crippen molar-refractivity contribution in [3.05, 3.63) is 48.8 Å². The number of rotatable bonds is 2. The van der Waals surface area contributed by atoms with Crippen molar-refractivity contribution in [1.82, 2.24) is 9.97 Å². The Bertz CT molecular complexity index is 407. The second kappa shape index (κ2) is 7.66. The first-order valence-corrected chi connectivity index (χ1v) is 6.32. The van der Waals surface area contributed by atoms with E-state index in [9.17, 15) is 0 Å². The van der Waals surface area contributed by atoms with Crippen molar-refractivity contribution in [2.45, 2.75) is 6.92 Å². The number of hydrogen-bond acceptors (Lipinski definition) is 4. The van der Waals surface area contributed by atoms with E-state index >= 15 is 0 Å². The SMILES string of the molecule is CC(=O)[O-].c1cc[c]([Pd+][c]2ccccn2)nc1. The molecule has 2 aromatic heterocycles. The third-order valence-corrected chi connectivity index (χ3v) is 3.10. The fraction of sp³-hybridized carbons (Fsp3) is 0.0833. The maximum atomic E-state index is 8.89. The summed E-state index contributed by atoms with van der Waals surface area (Å²) in [5.41, 5.74) is 0. The summed E-state index contributed by atoms with van der Waals surface area (Å²) in [6, 6.07) is 11.9. The van der Waals surface area contributed by atoms with Gasteiger partial charge in [0, 0.05) is 5.97 Å². The number of aliphatic carboxylic acids is 1. The standard InChI is InChI=1S/2C5H4N.C2H4O2.Pd/c2*1-2-4-6-5-3-1;1-2(3)4;/h2*1-4H;1H3,(H,3,4);/q;;;+1/p-1. The van der Waals surface area contributed by atoms with Gasteiger partial charge in [0.05, 0.1) is 0 Å². The Morgan fingerprint density at radius 3 is 1.76 bits per heavy atom. The first kappa shape index (κ1) is 13.5. The minimum atomic E-state index is -1.08. The predicted octanol–water partition coefficient (Wildman–Crippen LogP) is -0.734. The van der Waals surface area contributed by atoms with Gasteiger partial charge in [0.25, 0.3) is 0 Å². The van der Waals surface area contributed by atoms with Crippen LogP contribution in [0.15, 0.2) is 48.8 Å². The first-order valence-electron chi connectivity index (χ1n) is 4.77. The Morgan fingerprint density at radius 1 is 1.06 bits per heavy atom. The number of carboxylic acids is 1. The molecule has 17 heavy (non-hydrogen) atoms. The molecule has 91 valence electrons. The quantitative estimate of drug-likeness (QED) is 0.684. The third-order valence-electron chi connectivity index (χ3n) is 1.38. The van der Waals surface area contributed by atoms with Gasteiger partial charge in [-0.25, -0.2) is 0 Å². The monoisotopic (exact) mass is 321 g/mol. The van der Waals surface area contributed by atoms with Gasteiger partial charge in [-0.3, -0.25) is 0 Å². The van der Waals surface area contributed by atoms with Crippen molar-refractivity contribution >= 4 is 14.3 Å². The van der Waals surface area contributed by atoms with Crippen LogP contribution in [0.5, 0.6) is 0 Å². The van der Waals surface area contributed by atoms with Gasteiger partial charge in [-0.1, -0.05) is 0 Å². The Labute approximate surface area is 108 Å². The van der Waals surface area contributed by atoms with Crippen LogP contribution in [0, 0.1) is 0 Å². The zero-order chi connectivity index (χ0) is 12.5. The molecule has 0 aliphatic rings. The molecule has 4 nitrogen and oxygen atoms in total. The van der Waals surface area contributed by atoms with Crippen LogP contribution in [0.3, 0.4) is 0 Å². The third kappa shape index (κ3) is 6.57. The van der Waals surface area contributed by atoms with E-state index in [0.29, 0.717) is 18.0 Å². The summed E-state index contributed by atoms with van der Waals surface area (Å²) in [4.78, 5) is 17.4. The summed E-state index contributed by atoms with van der Waals surface area (Å²) in [6.45, 7) is 0.972. The predicted molar refractivity (Wildman–Crippen MR) is 58.4 cm³/mol. The molecular weight excluding hydrogens is 311 g/mol. The molecule has 2 rings (SSSR count). The second-order valence-corrected chi connectivity index (χ2v) is 4.79. The number of hydrogen-bond donors (Lipinski definition) is 0. The van der Waals surface area contributed by atoms with Gasteiger partial charge >= 0.3 is 85.1 Å². The fourth-order valence-corrected chi connectivity index (χ4v) is 2.24. The Kier molecular flexibility index (Phi) is 6.09. The molecule has 0 aromatic carbocycles. The summed E-state index contributed by atoms with van der Waals surface area (Å²) in [5, 5.41) is 8.89. The summed E-state index contributed by atoms with van der Waals surface area (Å²) < 4.78 is 2.21. The van der Waals surface area contributed by atoms with E-state index in [2.05, 4.69) is 9.97 Å². The zero-order valence-electron chi connectivity index (χ0n) is 9.15. The number of nitrogens with zero attached hydrogens (tertiary/aromatic N) is 2. The van der Waals surface area contributed by atoms with Crippen molar-refractivity contribution < 1.29 is 27.9 Å². The summed E-state index contributed by atoms with van der Waals surface area (Å²) in [5.74, 6) is -1.08. The average Bonchev–Trinajstić information content (AvgIpc) is 2.31. The van der Waals surface area contributed by atoms with Gasteiger partial charge in [-0.05, 0) is 6.92 Å². The van der Waals surface area contributed by atoms with Gasteiger partial charge in [-0.15, -0.1) is 0 Å². The van der Waals surface area contributed by atoms with E-state index < -0.39 is 5.97 Å². The molecule has 2 heterocycles. The van der Waals surface area contributed by atoms with E-state index in [1.165, 1.54) is 0 Å². The molecule has 0 spiro atoms. The van der Waals surface area contributed by atoms with Crippen LogP contribution < -0.4 is 13.4 Å². The van der Waals surface area contributed by atoms with Crippen LogP contribution in [0.4, 0.5) is 0 Å². The molecule has 0 bridgehead atoms. The van der Waals surface area contributed by atoms with E-state index in [1.54, 1.807) is 0 Å². The molecule has 0 amide bonds. The molecule has 0 radical (unpaired) electrons. The van der Waals surface area contributed by atoms with Crippen molar-refractivity contribution in [1.29, 1.82) is 0 Å². The molecule has 0 N–H and O–H groups in total. The van der Waals surface area contributed by atoms with Gasteiger partial charge in [0.2, 0.25) is 0 Å². The van der Waals surface area contributed by atoms with Crippen molar-refractivity contribution in [2.24, 2.45) is 0 Å². The molecule has 5 heteroatoms. The maximum absolute atomic E-state index is 8.89. The van der Waals surface area contributed by atoms with E-state index in [0.717, 1.165) is 15.3 Å². The zero-order valence-corrected chi connectivity index (χ0v) is 10.7. The van der Waals surface area contributed by atoms with Crippen molar-refractivity contribution in [2.75, 3.05) is 0 Å². The van der Waals surface area contributed by atoms with Crippen LogP contribution in [0.1, 0.15) is 6.92 Å². The number of pyridine rings is 2. The van der Waals surface area contributed by atoms with Crippen molar-refractivity contribution in [3.63, 3.8) is 0 Å². The molecule has 0 aliphatic carbocycles. The van der Waals surface area contributed by atoms with E-state index in [4.69, 9.17) is 9.90 Å². The average molecular weight is 322 g/mol. The number of carboxylic acid groups (broad SMARTS) is 1. The molecule has 2 aromatic rings. The summed E-state index contributed by atoms with van der Waals surface area (Å²) in [7, 11) is 0. The number of carbonyl (C=O) groups excluding carboxylic acids is 1. The number of aromatic nitrogens is 2. The van der Waals surface area contributed by atoms with Crippen LogP contribution in [0.2, 0.25) is 0 Å². The second-order valence-electron chi connectivity index (χ2n) is 2.81. The molecule has 0 aliphatic heterocycles. The van der Waals surface area contributed by atoms with Crippen LogP contribution >= 0.6 is 0 Å². The van der Waals surface area contributed by atoms with Crippen LogP contribution in [0.25, 0.3) is 0 Å². The van der Waals surface area contributed by atoms with Crippen LogP contribution in [-0.4, -0.2) is 15.9 Å². The van der Waals surface area contributed by atoms with Crippen molar-refractivity contribution in [3.8, 4) is 0 Å². The molecule has 0 saturated carbocycles. The summed E-state index contributed by atoms with van der Waals surface area (Å²) in [6.07, 6.45) is 3.63. The summed E-state index contributed by atoms with van der Waals surface area (Å²) >= 11 is 0.352. The van der Waals surface area contributed by atoms with Crippen LogP contribution in [-0.2, 0) is 22.8 Å². The first-order chi connectivity index (χ1) is 8.18. The van der Waals surface area contributed by atoms with Gasteiger partial charge in [0.1, 0.15) is 0 Å². The molecule has 0 unspecified atom stereocenters. The van der Waals surface area contributed by atoms with E-state index in [1.807, 2.05) is 48.8 Å². The fourth-order valence-electron chi connectivity index (χ4n) is 0.839. The van der Waals surface area contributed by atoms with Gasteiger partial charge in [-0.2, -0.15) is 0 Å². The topological polar surface area (TPSA) is 65.9 Å². The molecule has 0 atom stereocenters. The Morgan fingerprint density at radius 2 is 1.47 bits per heavy atom. The van der Waals surface area contributed by atoms with Gasteiger partial charge in [0.15, 0.2) is 0 Å². The molecule has 0 fully saturated rings.